The first-order chi connectivity index (χ1) is 8.93. The standard InChI is InChI=1S/C11H10N6O2/c1-6-4-9(5-12)14-11(13-6)16-8(3)10(17(18)19)7(2)15-16/h4H,1-3H3. The number of nitrogens with zero attached hydrogens (tertiary/aromatic N) is 6. The highest BCUT2D eigenvalue weighted by Gasteiger charge is 2.23. The summed E-state index contributed by atoms with van der Waals surface area (Å²) < 4.78 is 1.28. The van der Waals surface area contributed by atoms with E-state index in [2.05, 4.69) is 15.1 Å². The van der Waals surface area contributed by atoms with Crippen LogP contribution >= 0.6 is 0 Å². The summed E-state index contributed by atoms with van der Waals surface area (Å²) in [5, 5.41) is 23.9. The Balaban J connectivity index is 2.67. The summed E-state index contributed by atoms with van der Waals surface area (Å²) in [5.41, 5.74) is 1.33. The van der Waals surface area contributed by atoms with Crippen LogP contribution in [0.25, 0.3) is 5.95 Å². The molecule has 0 spiro atoms. The first kappa shape index (κ1) is 12.6. The molecule has 2 heterocycles. The molecule has 0 aliphatic carbocycles. The Morgan fingerprint density at radius 2 is 2.05 bits per heavy atom. The van der Waals surface area contributed by atoms with Crippen molar-refractivity contribution < 1.29 is 4.92 Å². The van der Waals surface area contributed by atoms with E-state index < -0.39 is 4.92 Å². The van der Waals surface area contributed by atoms with Gasteiger partial charge in [0.25, 0.3) is 5.95 Å². The molecule has 0 unspecified atom stereocenters. The molecule has 8 heteroatoms. The highest BCUT2D eigenvalue weighted by Crippen LogP contribution is 2.23. The molecule has 96 valence electrons. The van der Waals surface area contributed by atoms with E-state index in [0.717, 1.165) is 0 Å². The average Bonchev–Trinajstić information content (AvgIpc) is 2.63. The quantitative estimate of drug-likeness (QED) is 0.594. The molecule has 2 aromatic heterocycles. The molecule has 0 saturated heterocycles. The summed E-state index contributed by atoms with van der Waals surface area (Å²) in [6, 6.07) is 3.45. The molecule has 0 radical (unpaired) electrons. The Bertz CT molecular complexity index is 713. The summed E-state index contributed by atoms with van der Waals surface area (Å²) in [6.45, 7) is 4.82. The van der Waals surface area contributed by atoms with Crippen LogP contribution in [0.5, 0.6) is 0 Å². The molecule has 0 fully saturated rings. The topological polar surface area (TPSA) is 111 Å². The smallest absolute Gasteiger partial charge is 0.258 e. The molecule has 0 saturated carbocycles. The molecule has 0 aromatic carbocycles. The summed E-state index contributed by atoms with van der Waals surface area (Å²) in [6.07, 6.45) is 0. The first-order valence-corrected chi connectivity index (χ1v) is 5.40. The third-order valence-electron chi connectivity index (χ3n) is 2.58. The van der Waals surface area contributed by atoms with Gasteiger partial charge in [0.05, 0.1) is 4.92 Å². The van der Waals surface area contributed by atoms with Crippen molar-refractivity contribution in [2.45, 2.75) is 20.8 Å². The van der Waals surface area contributed by atoms with Crippen LogP contribution < -0.4 is 0 Å². The lowest BCUT2D eigenvalue weighted by molar-refractivity contribution is -0.386. The molecule has 8 nitrogen and oxygen atoms in total. The predicted molar refractivity (Wildman–Crippen MR) is 64.7 cm³/mol. The lowest BCUT2D eigenvalue weighted by atomic mass is 10.3. The van der Waals surface area contributed by atoms with E-state index in [0.29, 0.717) is 11.4 Å². The van der Waals surface area contributed by atoms with Gasteiger partial charge in [-0.25, -0.2) is 9.97 Å². The normalized spacial score (nSPS) is 10.2. The van der Waals surface area contributed by atoms with Gasteiger partial charge in [0.2, 0.25) is 0 Å². The Morgan fingerprint density at radius 3 is 2.58 bits per heavy atom. The van der Waals surface area contributed by atoms with Crippen LogP contribution in [0.2, 0.25) is 0 Å². The van der Waals surface area contributed by atoms with Gasteiger partial charge in [-0.3, -0.25) is 10.1 Å². The number of hydrogen-bond acceptors (Lipinski definition) is 6. The van der Waals surface area contributed by atoms with Crippen LogP contribution in [0.1, 0.15) is 22.8 Å². The molecule has 2 aromatic rings. The minimum absolute atomic E-state index is 0.0661. The van der Waals surface area contributed by atoms with Crippen LogP contribution in [0.15, 0.2) is 6.07 Å². The van der Waals surface area contributed by atoms with Crippen LogP contribution in [-0.4, -0.2) is 24.7 Å². The van der Waals surface area contributed by atoms with Crippen molar-refractivity contribution in [3.05, 3.63) is 39.0 Å². The van der Waals surface area contributed by atoms with Gasteiger partial charge in [-0.05, 0) is 26.8 Å². The molecule has 0 N–H and O–H groups in total. The second-order valence-corrected chi connectivity index (χ2v) is 3.99. The molecule has 2 rings (SSSR count). The summed E-state index contributed by atoms with van der Waals surface area (Å²) in [4.78, 5) is 18.6. The van der Waals surface area contributed by atoms with Crippen molar-refractivity contribution in [3.63, 3.8) is 0 Å². The van der Waals surface area contributed by atoms with Crippen molar-refractivity contribution >= 4 is 5.69 Å². The Hall–Kier alpha value is -2.82. The maximum absolute atomic E-state index is 10.9. The van der Waals surface area contributed by atoms with Gasteiger partial charge in [0, 0.05) is 5.69 Å². The van der Waals surface area contributed by atoms with Crippen LogP contribution in [0.4, 0.5) is 5.69 Å². The SMILES string of the molecule is Cc1cc(C#N)nc(-n2nc(C)c([N+](=O)[O-])c2C)n1. The molecule has 0 aliphatic rings. The third-order valence-corrected chi connectivity index (χ3v) is 2.58. The number of nitriles is 1. The number of aryl methyl sites for hydroxylation is 2. The summed E-state index contributed by atoms with van der Waals surface area (Å²) >= 11 is 0. The molecule has 0 aliphatic heterocycles. The monoisotopic (exact) mass is 258 g/mol. The Morgan fingerprint density at radius 1 is 1.37 bits per heavy atom. The van der Waals surface area contributed by atoms with Gasteiger partial charge in [-0.1, -0.05) is 0 Å². The fourth-order valence-electron chi connectivity index (χ4n) is 1.80. The van der Waals surface area contributed by atoms with Gasteiger partial charge in [0.1, 0.15) is 23.2 Å². The Labute approximate surface area is 108 Å². The first-order valence-electron chi connectivity index (χ1n) is 5.40. The zero-order valence-electron chi connectivity index (χ0n) is 10.6. The molecule has 19 heavy (non-hydrogen) atoms. The van der Waals surface area contributed by atoms with Gasteiger partial charge in [-0.2, -0.15) is 15.0 Å². The maximum Gasteiger partial charge on any atom is 0.313 e. The van der Waals surface area contributed by atoms with Gasteiger partial charge < -0.3 is 0 Å². The van der Waals surface area contributed by atoms with E-state index in [1.165, 1.54) is 10.7 Å². The minimum atomic E-state index is -0.491. The van der Waals surface area contributed by atoms with E-state index in [1.807, 2.05) is 6.07 Å². The average molecular weight is 258 g/mol. The van der Waals surface area contributed by atoms with E-state index >= 15 is 0 Å². The van der Waals surface area contributed by atoms with Crippen molar-refractivity contribution in [1.82, 2.24) is 19.7 Å². The van der Waals surface area contributed by atoms with Crippen LogP contribution in [0, 0.1) is 42.2 Å². The third kappa shape index (κ3) is 2.13. The summed E-state index contributed by atoms with van der Waals surface area (Å²) in [5.74, 6) is 0.158. The minimum Gasteiger partial charge on any atom is -0.258 e. The number of aromatic nitrogens is 4. The predicted octanol–water partition coefficient (Wildman–Crippen LogP) is 1.37. The number of hydrogen-bond donors (Lipinski definition) is 0. The highest BCUT2D eigenvalue weighted by molar-refractivity contribution is 5.42. The van der Waals surface area contributed by atoms with Crippen molar-refractivity contribution in [1.29, 1.82) is 5.26 Å². The highest BCUT2D eigenvalue weighted by atomic mass is 16.6. The van der Waals surface area contributed by atoms with Gasteiger partial charge in [0.15, 0.2) is 0 Å². The van der Waals surface area contributed by atoms with Gasteiger partial charge in [-0.15, -0.1) is 0 Å². The molecular formula is C11H10N6O2. The van der Waals surface area contributed by atoms with E-state index in [-0.39, 0.29) is 23.0 Å². The number of nitro groups is 1. The zero-order chi connectivity index (χ0) is 14.2. The molecule has 0 amide bonds. The second-order valence-electron chi connectivity index (χ2n) is 3.99. The lowest BCUT2D eigenvalue weighted by Gasteiger charge is -2.02. The molecule has 0 atom stereocenters. The van der Waals surface area contributed by atoms with Crippen molar-refractivity contribution in [2.75, 3.05) is 0 Å². The van der Waals surface area contributed by atoms with Crippen molar-refractivity contribution in [3.8, 4) is 12.0 Å². The van der Waals surface area contributed by atoms with Crippen LogP contribution in [0.3, 0.4) is 0 Å². The molecular weight excluding hydrogens is 248 g/mol. The van der Waals surface area contributed by atoms with Crippen molar-refractivity contribution in [2.24, 2.45) is 0 Å². The van der Waals surface area contributed by atoms with E-state index in [1.54, 1.807) is 20.8 Å². The fraction of sp³-hybridized carbons (Fsp3) is 0.273. The van der Waals surface area contributed by atoms with Gasteiger partial charge >= 0.3 is 5.69 Å². The van der Waals surface area contributed by atoms with Crippen LogP contribution in [-0.2, 0) is 0 Å². The van der Waals surface area contributed by atoms with E-state index in [4.69, 9.17) is 5.26 Å². The van der Waals surface area contributed by atoms with E-state index in [9.17, 15) is 10.1 Å². The largest absolute Gasteiger partial charge is 0.313 e. The maximum atomic E-state index is 10.9. The zero-order valence-corrected chi connectivity index (χ0v) is 10.6. The summed E-state index contributed by atoms with van der Waals surface area (Å²) in [7, 11) is 0. The molecule has 0 bridgehead atoms. The second kappa shape index (κ2) is 4.45. The Kier molecular flexibility index (Phi) is 2.96. The lowest BCUT2D eigenvalue weighted by Crippen LogP contribution is -2.07. The fourth-order valence-corrected chi connectivity index (χ4v) is 1.80. The number of rotatable bonds is 2.